The summed E-state index contributed by atoms with van der Waals surface area (Å²) in [6, 6.07) is 10.2. The van der Waals surface area contributed by atoms with Gasteiger partial charge >= 0.3 is 0 Å². The third kappa shape index (κ3) is 7.04. The molecule has 1 saturated carbocycles. The Morgan fingerprint density at radius 1 is 1.22 bits per heavy atom. The lowest BCUT2D eigenvalue weighted by molar-refractivity contribution is 0.208. The van der Waals surface area contributed by atoms with Crippen LogP contribution in [0.5, 0.6) is 5.75 Å². The van der Waals surface area contributed by atoms with E-state index in [-0.39, 0.29) is 24.0 Å². The van der Waals surface area contributed by atoms with Gasteiger partial charge in [0.2, 0.25) is 0 Å². The molecule has 0 aliphatic heterocycles. The van der Waals surface area contributed by atoms with Gasteiger partial charge in [0.05, 0.1) is 6.10 Å². The highest BCUT2D eigenvalue weighted by Gasteiger charge is 2.17. The summed E-state index contributed by atoms with van der Waals surface area (Å²) in [5, 5.41) is 10.9. The molecule has 1 fully saturated rings. The first-order valence-electron chi connectivity index (χ1n) is 9.51. The summed E-state index contributed by atoms with van der Waals surface area (Å²) in [5.74, 6) is 1.79. The predicted molar refractivity (Wildman–Crippen MR) is 120 cm³/mol. The van der Waals surface area contributed by atoms with Crippen molar-refractivity contribution in [2.75, 3.05) is 13.6 Å². The van der Waals surface area contributed by atoms with Crippen LogP contribution in [0.3, 0.4) is 0 Å². The molecule has 1 aliphatic carbocycles. The number of nitrogens with one attached hydrogen (secondary N) is 2. The van der Waals surface area contributed by atoms with Crippen molar-refractivity contribution in [1.82, 2.24) is 20.4 Å². The van der Waals surface area contributed by atoms with Crippen molar-refractivity contribution in [2.45, 2.75) is 51.3 Å². The number of hydrogen-bond donors (Lipinski definition) is 2. The molecule has 27 heavy (non-hydrogen) atoms. The fraction of sp³-hybridized carbons (Fsp3) is 0.500. The molecule has 0 spiro atoms. The van der Waals surface area contributed by atoms with Gasteiger partial charge < -0.3 is 15.4 Å². The van der Waals surface area contributed by atoms with Gasteiger partial charge in [-0.2, -0.15) is 5.10 Å². The Morgan fingerprint density at radius 2 is 2.04 bits per heavy atom. The maximum absolute atomic E-state index is 6.20. The Kier molecular flexibility index (Phi) is 9.44. The van der Waals surface area contributed by atoms with E-state index >= 15 is 0 Å². The minimum Gasteiger partial charge on any atom is -0.490 e. The number of ether oxygens (including phenoxy) is 1. The number of rotatable bonds is 8. The fourth-order valence-electron chi connectivity index (χ4n) is 3.23. The highest BCUT2D eigenvalue weighted by Crippen LogP contribution is 2.26. The standard InChI is InChI=1S/C20H29N5O.HI/c1-21-20(22-12-6-14-25-15-7-13-24-25)23-16-17-8-2-5-11-19(17)26-18-9-3-4-10-18;/h2,5,7-8,11,13,15,18H,3-4,6,9-10,12,14,16H2,1H3,(H2,21,22,23);1H. The fourth-order valence-corrected chi connectivity index (χ4v) is 3.23. The summed E-state index contributed by atoms with van der Waals surface area (Å²) in [7, 11) is 1.80. The average molecular weight is 483 g/mol. The monoisotopic (exact) mass is 483 g/mol. The second-order valence-electron chi connectivity index (χ2n) is 6.61. The quantitative estimate of drug-likeness (QED) is 0.261. The van der Waals surface area contributed by atoms with Crippen molar-refractivity contribution in [3.05, 3.63) is 48.3 Å². The van der Waals surface area contributed by atoms with E-state index in [4.69, 9.17) is 4.74 Å². The molecular formula is C20H30IN5O. The SMILES string of the molecule is CN=C(NCCCn1cccn1)NCc1ccccc1OC1CCCC1.I. The van der Waals surface area contributed by atoms with Gasteiger partial charge in [-0.1, -0.05) is 18.2 Å². The molecule has 0 radical (unpaired) electrons. The van der Waals surface area contributed by atoms with E-state index in [2.05, 4.69) is 38.9 Å². The normalized spacial score (nSPS) is 14.6. The molecule has 1 aromatic heterocycles. The van der Waals surface area contributed by atoms with E-state index in [1.807, 2.05) is 23.0 Å². The van der Waals surface area contributed by atoms with E-state index in [1.54, 1.807) is 13.2 Å². The summed E-state index contributed by atoms with van der Waals surface area (Å²) in [4.78, 5) is 4.30. The maximum Gasteiger partial charge on any atom is 0.191 e. The highest BCUT2D eigenvalue weighted by molar-refractivity contribution is 14.0. The Morgan fingerprint density at radius 3 is 2.78 bits per heavy atom. The molecule has 0 bridgehead atoms. The van der Waals surface area contributed by atoms with E-state index in [0.717, 1.165) is 31.2 Å². The number of nitrogens with zero attached hydrogens (tertiary/aromatic N) is 3. The number of aromatic nitrogens is 2. The molecular weight excluding hydrogens is 453 g/mol. The third-order valence-corrected chi connectivity index (χ3v) is 4.65. The number of hydrogen-bond acceptors (Lipinski definition) is 3. The van der Waals surface area contributed by atoms with Gasteiger partial charge in [0.15, 0.2) is 5.96 Å². The van der Waals surface area contributed by atoms with Gasteiger partial charge in [0.1, 0.15) is 5.75 Å². The summed E-state index contributed by atoms with van der Waals surface area (Å²) >= 11 is 0. The average Bonchev–Trinajstić information content (AvgIpc) is 3.36. The number of guanidine groups is 1. The largest absolute Gasteiger partial charge is 0.490 e. The van der Waals surface area contributed by atoms with E-state index in [0.29, 0.717) is 12.6 Å². The van der Waals surface area contributed by atoms with Crippen LogP contribution < -0.4 is 15.4 Å². The van der Waals surface area contributed by atoms with Crippen molar-refractivity contribution in [3.8, 4) is 5.75 Å². The lowest BCUT2D eigenvalue weighted by Gasteiger charge is -2.18. The maximum atomic E-state index is 6.20. The van der Waals surface area contributed by atoms with E-state index in [9.17, 15) is 0 Å². The van der Waals surface area contributed by atoms with Gasteiger partial charge in [0, 0.05) is 44.6 Å². The van der Waals surface area contributed by atoms with Crippen LogP contribution in [0, 0.1) is 0 Å². The molecule has 2 N–H and O–H groups in total. The minimum absolute atomic E-state index is 0. The van der Waals surface area contributed by atoms with Crippen LogP contribution in [-0.2, 0) is 13.1 Å². The zero-order valence-electron chi connectivity index (χ0n) is 15.9. The second kappa shape index (κ2) is 11.8. The van der Waals surface area contributed by atoms with Gasteiger partial charge in [0.25, 0.3) is 0 Å². The summed E-state index contributed by atoms with van der Waals surface area (Å²) in [6.07, 6.45) is 10.0. The number of aliphatic imine (C=N–C) groups is 1. The molecule has 0 unspecified atom stereocenters. The Balaban J connectivity index is 0.00000261. The highest BCUT2D eigenvalue weighted by atomic mass is 127. The molecule has 1 aliphatic rings. The number of aryl methyl sites for hydroxylation is 1. The molecule has 1 heterocycles. The summed E-state index contributed by atoms with van der Waals surface area (Å²) in [5.41, 5.74) is 1.17. The van der Waals surface area contributed by atoms with Crippen LogP contribution in [0.1, 0.15) is 37.7 Å². The zero-order valence-corrected chi connectivity index (χ0v) is 18.3. The van der Waals surface area contributed by atoms with Crippen molar-refractivity contribution < 1.29 is 4.74 Å². The topological polar surface area (TPSA) is 63.5 Å². The number of halogens is 1. The van der Waals surface area contributed by atoms with Crippen molar-refractivity contribution >= 4 is 29.9 Å². The molecule has 7 heteroatoms. The smallest absolute Gasteiger partial charge is 0.191 e. The van der Waals surface area contributed by atoms with Gasteiger partial charge in [-0.15, -0.1) is 24.0 Å². The minimum atomic E-state index is 0. The first-order chi connectivity index (χ1) is 12.8. The van der Waals surface area contributed by atoms with Gasteiger partial charge in [-0.25, -0.2) is 0 Å². The molecule has 0 atom stereocenters. The lowest BCUT2D eigenvalue weighted by atomic mass is 10.2. The van der Waals surface area contributed by atoms with Crippen LogP contribution in [-0.4, -0.2) is 35.4 Å². The van der Waals surface area contributed by atoms with Crippen LogP contribution in [0.15, 0.2) is 47.7 Å². The van der Waals surface area contributed by atoms with Crippen molar-refractivity contribution in [3.63, 3.8) is 0 Å². The molecule has 6 nitrogen and oxygen atoms in total. The second-order valence-corrected chi connectivity index (χ2v) is 6.61. The summed E-state index contributed by atoms with van der Waals surface area (Å²) in [6.45, 7) is 2.44. The van der Waals surface area contributed by atoms with Crippen LogP contribution in [0.4, 0.5) is 0 Å². The molecule has 3 rings (SSSR count). The van der Waals surface area contributed by atoms with E-state index < -0.39 is 0 Å². The molecule has 0 amide bonds. The van der Waals surface area contributed by atoms with E-state index in [1.165, 1.54) is 31.2 Å². The zero-order chi connectivity index (χ0) is 18.0. The molecule has 0 saturated heterocycles. The Hall–Kier alpha value is -1.77. The van der Waals surface area contributed by atoms with Gasteiger partial charge in [-0.3, -0.25) is 9.67 Å². The lowest BCUT2D eigenvalue weighted by Crippen LogP contribution is -2.37. The molecule has 148 valence electrons. The van der Waals surface area contributed by atoms with Gasteiger partial charge in [-0.05, 0) is 44.2 Å². The van der Waals surface area contributed by atoms with Crippen LogP contribution in [0.25, 0.3) is 0 Å². The van der Waals surface area contributed by atoms with Crippen molar-refractivity contribution in [1.29, 1.82) is 0 Å². The Bertz CT molecular complexity index is 683. The van der Waals surface area contributed by atoms with Crippen molar-refractivity contribution in [2.24, 2.45) is 4.99 Å². The number of benzene rings is 1. The predicted octanol–water partition coefficient (Wildman–Crippen LogP) is 3.58. The summed E-state index contributed by atoms with van der Waals surface area (Å²) < 4.78 is 8.14. The van der Waals surface area contributed by atoms with Crippen LogP contribution >= 0.6 is 24.0 Å². The molecule has 1 aromatic carbocycles. The third-order valence-electron chi connectivity index (χ3n) is 4.65. The first-order valence-corrected chi connectivity index (χ1v) is 9.51. The first kappa shape index (κ1) is 21.5. The Labute approximate surface area is 178 Å². The van der Waals surface area contributed by atoms with Crippen LogP contribution in [0.2, 0.25) is 0 Å². The molecule has 2 aromatic rings. The number of para-hydroxylation sites is 1.